The van der Waals surface area contributed by atoms with Gasteiger partial charge in [-0.1, -0.05) is 112 Å². The Kier molecular flexibility index (Phi) is 6.38. The number of hydrogen-bond acceptors (Lipinski definition) is 1. The summed E-state index contributed by atoms with van der Waals surface area (Å²) >= 11 is 0. The summed E-state index contributed by atoms with van der Waals surface area (Å²) in [6, 6.07) is 21.1. The van der Waals surface area contributed by atoms with Gasteiger partial charge in [-0.05, 0) is 47.3 Å². The topological polar surface area (TPSA) is 12.9 Å². The van der Waals surface area contributed by atoms with Gasteiger partial charge in [0.2, 0.25) is 0 Å². The zero-order chi connectivity index (χ0) is 23.9. The molecule has 0 N–H and O–H groups in total. The van der Waals surface area contributed by atoms with Crippen LogP contribution in [-0.2, 0) is 5.21 Å². The molecule has 4 rings (SSSR count). The van der Waals surface area contributed by atoms with Gasteiger partial charge in [0, 0.05) is 17.3 Å². The first-order valence-corrected chi connectivity index (χ1v) is 12.2. The lowest BCUT2D eigenvalue weighted by Gasteiger charge is -2.57. The summed E-state index contributed by atoms with van der Waals surface area (Å²) < 4.78 is 0. The van der Waals surface area contributed by atoms with E-state index < -0.39 is 5.21 Å². The van der Waals surface area contributed by atoms with Crippen LogP contribution in [0.1, 0.15) is 64.5 Å². The van der Waals surface area contributed by atoms with Gasteiger partial charge in [0.1, 0.15) is 0 Å². The molecule has 33 heavy (non-hydrogen) atoms. The maximum atomic E-state index is 6.94. The number of nitrogens with zero attached hydrogens (tertiary/aromatic N) is 1. The Morgan fingerprint density at radius 2 is 1.55 bits per heavy atom. The molecule has 1 fully saturated rings. The predicted octanol–water partition coefficient (Wildman–Crippen LogP) is 7.46. The molecule has 4 radical (unpaired) electrons. The molecule has 166 valence electrons. The minimum atomic E-state index is -0.853. The Labute approximate surface area is 203 Å². The first-order valence-electron chi connectivity index (χ1n) is 12.2. The quantitative estimate of drug-likeness (QED) is 0.391. The molecular formula is C30H35B2N. The highest BCUT2D eigenvalue weighted by Gasteiger charge is 2.50. The smallest absolute Gasteiger partial charge is 0.0705 e. The van der Waals surface area contributed by atoms with Crippen molar-refractivity contribution in [1.82, 2.24) is 4.98 Å². The third-order valence-corrected chi connectivity index (χ3v) is 8.40. The predicted molar refractivity (Wildman–Crippen MR) is 143 cm³/mol. The van der Waals surface area contributed by atoms with Crippen LogP contribution in [-0.4, -0.2) is 20.7 Å². The normalized spacial score (nSPS) is 21.7. The summed E-state index contributed by atoms with van der Waals surface area (Å²) in [5.41, 5.74) is 6.87. The second-order valence-corrected chi connectivity index (χ2v) is 11.2. The molecule has 1 aliphatic carbocycles. The minimum absolute atomic E-state index is 0.0999. The van der Waals surface area contributed by atoms with Crippen LogP contribution in [0.2, 0.25) is 0 Å². The van der Waals surface area contributed by atoms with E-state index in [2.05, 4.69) is 95.3 Å². The van der Waals surface area contributed by atoms with Crippen molar-refractivity contribution in [2.24, 2.45) is 16.7 Å². The molecule has 3 heteroatoms. The molecule has 0 bridgehead atoms. The summed E-state index contributed by atoms with van der Waals surface area (Å²) in [4.78, 5) is 4.73. The average molecular weight is 431 g/mol. The van der Waals surface area contributed by atoms with Crippen LogP contribution in [0.5, 0.6) is 0 Å². The van der Waals surface area contributed by atoms with Crippen molar-refractivity contribution < 1.29 is 0 Å². The standard InChI is InChI=1S/C30H35B2N/c1-21-10-6-7-11-25(21)26-18-15-23(20-33-26)22-13-16-24(17-14-22)30(31,32)27-12-8-9-19-29(27,5)28(2,3)4/h6-7,10-11,13-18,20,27H,8-9,12,19H2,1-5H3. The largest absolute Gasteiger partial charge is 0.256 e. The van der Waals surface area contributed by atoms with Crippen LogP contribution < -0.4 is 0 Å². The van der Waals surface area contributed by atoms with E-state index in [0.717, 1.165) is 28.8 Å². The molecule has 0 saturated heterocycles. The van der Waals surface area contributed by atoms with Gasteiger partial charge in [-0.25, -0.2) is 0 Å². The SMILES string of the molecule is [B]C([B])(c1ccc(-c2ccc(-c3ccccc3C)nc2)cc1)C1CCCCC1(C)C(C)(C)C. The molecule has 1 aromatic heterocycles. The molecule has 0 aliphatic heterocycles. The van der Waals surface area contributed by atoms with Crippen LogP contribution in [0.15, 0.2) is 66.9 Å². The second kappa shape index (κ2) is 8.82. The van der Waals surface area contributed by atoms with Gasteiger partial charge in [-0.15, -0.1) is 0 Å². The molecule has 3 aromatic rings. The van der Waals surface area contributed by atoms with E-state index in [9.17, 15) is 0 Å². The van der Waals surface area contributed by atoms with E-state index >= 15 is 0 Å². The van der Waals surface area contributed by atoms with Gasteiger partial charge >= 0.3 is 0 Å². The number of rotatable bonds is 4. The van der Waals surface area contributed by atoms with Crippen molar-refractivity contribution in [1.29, 1.82) is 0 Å². The Hall–Kier alpha value is -2.28. The van der Waals surface area contributed by atoms with Crippen molar-refractivity contribution in [3.05, 3.63) is 78.0 Å². The van der Waals surface area contributed by atoms with Crippen molar-refractivity contribution >= 4 is 15.7 Å². The highest BCUT2D eigenvalue weighted by molar-refractivity contribution is 6.40. The summed E-state index contributed by atoms with van der Waals surface area (Å²) in [5, 5.41) is -0.853. The number of benzene rings is 2. The molecule has 2 atom stereocenters. The number of aryl methyl sites for hydroxylation is 1. The van der Waals surface area contributed by atoms with Crippen molar-refractivity contribution in [2.45, 2.75) is 65.5 Å². The molecule has 1 saturated carbocycles. The third kappa shape index (κ3) is 4.44. The fourth-order valence-corrected chi connectivity index (χ4v) is 5.73. The molecular weight excluding hydrogens is 396 g/mol. The number of aromatic nitrogens is 1. The fraction of sp³-hybridized carbons (Fsp3) is 0.433. The second-order valence-electron chi connectivity index (χ2n) is 11.2. The Bertz CT molecular complexity index is 1090. The third-order valence-electron chi connectivity index (χ3n) is 8.40. The van der Waals surface area contributed by atoms with Gasteiger partial charge in [-0.2, -0.15) is 0 Å². The van der Waals surface area contributed by atoms with Crippen LogP contribution in [0.3, 0.4) is 0 Å². The van der Waals surface area contributed by atoms with E-state index in [1.807, 2.05) is 6.20 Å². The van der Waals surface area contributed by atoms with Gasteiger partial charge in [0.15, 0.2) is 0 Å². The Morgan fingerprint density at radius 1 is 0.879 bits per heavy atom. The molecule has 2 aromatic carbocycles. The van der Waals surface area contributed by atoms with Crippen LogP contribution in [0.4, 0.5) is 0 Å². The summed E-state index contributed by atoms with van der Waals surface area (Å²) in [6.07, 6.45) is 6.65. The molecule has 0 amide bonds. The van der Waals surface area contributed by atoms with E-state index in [1.165, 1.54) is 30.4 Å². The maximum absolute atomic E-state index is 6.94. The first-order chi connectivity index (χ1) is 15.5. The summed E-state index contributed by atoms with van der Waals surface area (Å²) in [5.74, 6) is 0.236. The monoisotopic (exact) mass is 431 g/mol. The zero-order valence-corrected chi connectivity index (χ0v) is 20.9. The first kappa shape index (κ1) is 23.9. The van der Waals surface area contributed by atoms with Gasteiger partial charge in [0.25, 0.3) is 0 Å². The summed E-state index contributed by atoms with van der Waals surface area (Å²) in [6.45, 7) is 11.5. The van der Waals surface area contributed by atoms with Crippen LogP contribution in [0, 0.1) is 23.7 Å². The lowest BCUT2D eigenvalue weighted by atomic mass is 9.36. The van der Waals surface area contributed by atoms with Crippen LogP contribution in [0.25, 0.3) is 22.4 Å². The van der Waals surface area contributed by atoms with Gasteiger partial charge < -0.3 is 0 Å². The van der Waals surface area contributed by atoms with Crippen molar-refractivity contribution in [3.8, 4) is 22.4 Å². The van der Waals surface area contributed by atoms with Gasteiger partial charge in [0.05, 0.1) is 21.4 Å². The number of pyridine rings is 1. The average Bonchev–Trinajstić information content (AvgIpc) is 2.79. The molecule has 0 spiro atoms. The molecule has 1 nitrogen and oxygen atoms in total. The van der Waals surface area contributed by atoms with E-state index in [-0.39, 0.29) is 16.7 Å². The van der Waals surface area contributed by atoms with Gasteiger partial charge in [-0.3, -0.25) is 4.98 Å². The molecule has 1 aliphatic rings. The highest BCUT2D eigenvalue weighted by Crippen LogP contribution is 2.57. The van der Waals surface area contributed by atoms with Crippen molar-refractivity contribution in [3.63, 3.8) is 0 Å². The van der Waals surface area contributed by atoms with E-state index in [4.69, 9.17) is 20.7 Å². The minimum Gasteiger partial charge on any atom is -0.256 e. The molecule has 1 heterocycles. The fourth-order valence-electron chi connectivity index (χ4n) is 5.73. The summed E-state index contributed by atoms with van der Waals surface area (Å²) in [7, 11) is 13.9. The Balaban J connectivity index is 1.59. The Morgan fingerprint density at radius 3 is 2.15 bits per heavy atom. The lowest BCUT2D eigenvalue weighted by molar-refractivity contribution is -0.0132. The lowest BCUT2D eigenvalue weighted by Crippen LogP contribution is -2.52. The van der Waals surface area contributed by atoms with Crippen molar-refractivity contribution in [2.75, 3.05) is 0 Å². The van der Waals surface area contributed by atoms with Crippen LogP contribution >= 0.6 is 0 Å². The maximum Gasteiger partial charge on any atom is 0.0705 e. The highest BCUT2D eigenvalue weighted by atomic mass is 14.7. The number of hydrogen-bond donors (Lipinski definition) is 0. The van der Waals surface area contributed by atoms with E-state index in [1.54, 1.807) is 0 Å². The zero-order valence-electron chi connectivity index (χ0n) is 20.9. The molecule has 2 unspecified atom stereocenters. The van der Waals surface area contributed by atoms with E-state index in [0.29, 0.717) is 0 Å².